The molecule has 0 N–H and O–H groups in total. The maximum atomic E-state index is 11.0. The molecule has 0 fully saturated rings. The van der Waals surface area contributed by atoms with Crippen molar-refractivity contribution in [1.29, 1.82) is 0 Å². The van der Waals surface area contributed by atoms with Gasteiger partial charge in [0.15, 0.2) is 0 Å². The van der Waals surface area contributed by atoms with Gasteiger partial charge >= 0.3 is 0 Å². The number of Topliss-reactive ketones (excluding diaryl/α,β-unsaturated/α-hetero) is 1. The molecule has 0 rings (SSSR count). The molecular formula is C10H16O2. The zero-order valence-electron chi connectivity index (χ0n) is 7.58. The molecule has 68 valence electrons. The third kappa shape index (κ3) is 7.19. The Labute approximate surface area is 73.7 Å². The summed E-state index contributed by atoms with van der Waals surface area (Å²) in [5.74, 6) is 0.331. The fourth-order valence-electron chi connectivity index (χ4n) is 0.973. The molecule has 0 aromatic rings. The van der Waals surface area contributed by atoms with Crippen LogP contribution in [-0.4, -0.2) is 12.1 Å². The van der Waals surface area contributed by atoms with Crippen LogP contribution in [0.15, 0.2) is 12.2 Å². The zero-order valence-corrected chi connectivity index (χ0v) is 7.58. The Morgan fingerprint density at radius 3 is 2.67 bits per heavy atom. The van der Waals surface area contributed by atoms with E-state index in [4.69, 9.17) is 0 Å². The van der Waals surface area contributed by atoms with Gasteiger partial charge in [-0.15, -0.1) is 0 Å². The van der Waals surface area contributed by atoms with Crippen molar-refractivity contribution in [2.24, 2.45) is 0 Å². The molecule has 0 aliphatic rings. The van der Waals surface area contributed by atoms with Crippen molar-refractivity contribution in [3.05, 3.63) is 12.2 Å². The monoisotopic (exact) mass is 168 g/mol. The minimum absolute atomic E-state index is 0.331. The molecule has 0 saturated carbocycles. The lowest BCUT2D eigenvalue weighted by atomic mass is 10.1. The topological polar surface area (TPSA) is 34.1 Å². The molecule has 0 spiro atoms. The number of allylic oxidation sites excluding steroid dienone is 2. The molecule has 0 saturated heterocycles. The highest BCUT2D eigenvalue weighted by atomic mass is 16.1. The van der Waals surface area contributed by atoms with E-state index >= 15 is 0 Å². The van der Waals surface area contributed by atoms with Gasteiger partial charge in [0.1, 0.15) is 12.1 Å². The first-order valence-corrected chi connectivity index (χ1v) is 4.43. The van der Waals surface area contributed by atoms with E-state index in [1.807, 2.05) is 6.92 Å². The molecule has 12 heavy (non-hydrogen) atoms. The van der Waals surface area contributed by atoms with Crippen LogP contribution in [-0.2, 0) is 9.59 Å². The van der Waals surface area contributed by atoms with Gasteiger partial charge in [0.25, 0.3) is 0 Å². The van der Waals surface area contributed by atoms with Crippen LogP contribution in [0.3, 0.4) is 0 Å². The highest BCUT2D eigenvalue weighted by Gasteiger charge is 1.97. The molecule has 0 aromatic carbocycles. The fraction of sp³-hybridized carbons (Fsp3) is 0.600. The molecule has 0 unspecified atom stereocenters. The van der Waals surface area contributed by atoms with E-state index in [2.05, 4.69) is 0 Å². The SMILES string of the molecule is CCCC(=O)CCCC=CC=O. The van der Waals surface area contributed by atoms with Crippen LogP contribution >= 0.6 is 0 Å². The molecule has 0 aromatic heterocycles. The van der Waals surface area contributed by atoms with E-state index in [1.54, 1.807) is 6.08 Å². The Balaban J connectivity index is 3.24. The van der Waals surface area contributed by atoms with Crippen LogP contribution in [0.4, 0.5) is 0 Å². The normalized spacial score (nSPS) is 10.4. The van der Waals surface area contributed by atoms with Crippen molar-refractivity contribution in [2.45, 2.75) is 39.0 Å². The molecule has 0 aliphatic carbocycles. The number of carbonyl (C=O) groups is 2. The second-order valence-corrected chi connectivity index (χ2v) is 2.75. The lowest BCUT2D eigenvalue weighted by molar-refractivity contribution is -0.119. The Morgan fingerprint density at radius 2 is 2.08 bits per heavy atom. The van der Waals surface area contributed by atoms with E-state index in [0.717, 1.165) is 25.5 Å². The maximum absolute atomic E-state index is 11.0. The second kappa shape index (κ2) is 8.18. The van der Waals surface area contributed by atoms with Gasteiger partial charge in [0.05, 0.1) is 0 Å². The van der Waals surface area contributed by atoms with Gasteiger partial charge in [-0.25, -0.2) is 0 Å². The van der Waals surface area contributed by atoms with Crippen molar-refractivity contribution < 1.29 is 9.59 Å². The van der Waals surface area contributed by atoms with Crippen molar-refractivity contribution in [3.8, 4) is 0 Å². The number of ketones is 1. The Kier molecular flexibility index (Phi) is 7.55. The largest absolute Gasteiger partial charge is 0.300 e. The number of hydrogen-bond donors (Lipinski definition) is 0. The average Bonchev–Trinajstić information content (AvgIpc) is 2.05. The summed E-state index contributed by atoms with van der Waals surface area (Å²) in [6, 6.07) is 0. The van der Waals surface area contributed by atoms with Crippen LogP contribution in [0.1, 0.15) is 39.0 Å². The number of carbonyl (C=O) groups excluding carboxylic acids is 2. The Morgan fingerprint density at radius 1 is 1.33 bits per heavy atom. The third-order valence-electron chi connectivity index (χ3n) is 1.57. The summed E-state index contributed by atoms with van der Waals surface area (Å²) >= 11 is 0. The summed E-state index contributed by atoms with van der Waals surface area (Å²) in [6.07, 6.45) is 8.00. The van der Waals surface area contributed by atoms with Crippen LogP contribution in [0, 0.1) is 0 Å². The van der Waals surface area contributed by atoms with E-state index in [0.29, 0.717) is 18.6 Å². The highest BCUT2D eigenvalue weighted by molar-refractivity contribution is 5.78. The predicted octanol–water partition coefficient (Wildman–Crippen LogP) is 2.28. The average molecular weight is 168 g/mol. The number of aldehydes is 1. The first-order chi connectivity index (χ1) is 5.81. The minimum atomic E-state index is 0.331. The second-order valence-electron chi connectivity index (χ2n) is 2.75. The Bertz CT molecular complexity index is 159. The summed E-state index contributed by atoms with van der Waals surface area (Å²) in [5, 5.41) is 0. The molecule has 0 atom stereocenters. The number of rotatable bonds is 7. The Hall–Kier alpha value is -0.920. The molecular weight excluding hydrogens is 152 g/mol. The summed E-state index contributed by atoms with van der Waals surface area (Å²) in [5.41, 5.74) is 0. The van der Waals surface area contributed by atoms with E-state index in [1.165, 1.54) is 6.08 Å². The molecule has 0 bridgehead atoms. The lowest BCUT2D eigenvalue weighted by Crippen LogP contribution is -1.95. The highest BCUT2D eigenvalue weighted by Crippen LogP contribution is 2.01. The van der Waals surface area contributed by atoms with E-state index in [-0.39, 0.29) is 0 Å². The maximum Gasteiger partial charge on any atom is 0.142 e. The summed E-state index contributed by atoms with van der Waals surface area (Å²) in [6.45, 7) is 2.00. The van der Waals surface area contributed by atoms with Crippen LogP contribution in [0.5, 0.6) is 0 Å². The van der Waals surface area contributed by atoms with Crippen molar-refractivity contribution in [1.82, 2.24) is 0 Å². The van der Waals surface area contributed by atoms with Gasteiger partial charge in [-0.05, 0) is 25.3 Å². The van der Waals surface area contributed by atoms with Crippen molar-refractivity contribution in [2.75, 3.05) is 0 Å². The van der Waals surface area contributed by atoms with Crippen molar-refractivity contribution in [3.63, 3.8) is 0 Å². The van der Waals surface area contributed by atoms with Gasteiger partial charge in [-0.2, -0.15) is 0 Å². The summed E-state index contributed by atoms with van der Waals surface area (Å²) < 4.78 is 0. The first kappa shape index (κ1) is 11.1. The molecule has 2 heteroatoms. The smallest absolute Gasteiger partial charge is 0.142 e. The third-order valence-corrected chi connectivity index (χ3v) is 1.57. The lowest BCUT2D eigenvalue weighted by Gasteiger charge is -1.95. The minimum Gasteiger partial charge on any atom is -0.300 e. The number of hydrogen-bond acceptors (Lipinski definition) is 2. The van der Waals surface area contributed by atoms with Gasteiger partial charge in [-0.3, -0.25) is 9.59 Å². The van der Waals surface area contributed by atoms with Gasteiger partial charge in [-0.1, -0.05) is 13.0 Å². The first-order valence-electron chi connectivity index (χ1n) is 4.43. The molecule has 0 aliphatic heterocycles. The number of unbranched alkanes of at least 4 members (excludes halogenated alkanes) is 1. The van der Waals surface area contributed by atoms with Gasteiger partial charge in [0, 0.05) is 12.8 Å². The van der Waals surface area contributed by atoms with Crippen LogP contribution in [0.25, 0.3) is 0 Å². The molecule has 0 amide bonds. The zero-order chi connectivity index (χ0) is 9.23. The molecule has 0 radical (unpaired) electrons. The van der Waals surface area contributed by atoms with Gasteiger partial charge < -0.3 is 0 Å². The predicted molar refractivity (Wildman–Crippen MR) is 49.0 cm³/mol. The van der Waals surface area contributed by atoms with Crippen LogP contribution < -0.4 is 0 Å². The molecule has 0 heterocycles. The van der Waals surface area contributed by atoms with Gasteiger partial charge in [0.2, 0.25) is 0 Å². The fourth-order valence-corrected chi connectivity index (χ4v) is 0.973. The quantitative estimate of drug-likeness (QED) is 0.332. The molecule has 2 nitrogen and oxygen atoms in total. The van der Waals surface area contributed by atoms with E-state index < -0.39 is 0 Å². The van der Waals surface area contributed by atoms with Crippen molar-refractivity contribution >= 4 is 12.1 Å². The summed E-state index contributed by atoms with van der Waals surface area (Å²) in [4.78, 5) is 20.8. The van der Waals surface area contributed by atoms with Crippen LogP contribution in [0.2, 0.25) is 0 Å². The van der Waals surface area contributed by atoms with E-state index in [9.17, 15) is 9.59 Å². The summed E-state index contributed by atoms with van der Waals surface area (Å²) in [7, 11) is 0. The standard InChI is InChI=1S/C10H16O2/c1-2-7-10(12)8-5-3-4-6-9-11/h4,6,9H,2-3,5,7-8H2,1H3.